The second kappa shape index (κ2) is 7.65. The minimum Gasteiger partial charge on any atom is -0.395 e. The Balaban J connectivity index is 2.45. The second-order valence-electron chi connectivity index (χ2n) is 3.84. The van der Waals surface area contributed by atoms with Crippen molar-refractivity contribution in [2.75, 3.05) is 18.6 Å². The van der Waals surface area contributed by atoms with E-state index in [-0.39, 0.29) is 18.7 Å². The SMILES string of the molecule is CSCCC(CO)NC(C)c1cccnc1. The van der Waals surface area contributed by atoms with E-state index in [2.05, 4.69) is 23.5 Å². The lowest BCUT2D eigenvalue weighted by Gasteiger charge is -2.21. The fourth-order valence-corrected chi connectivity index (χ4v) is 2.09. The lowest BCUT2D eigenvalue weighted by atomic mass is 10.1. The fourth-order valence-electron chi connectivity index (χ4n) is 1.57. The largest absolute Gasteiger partial charge is 0.395 e. The molecule has 0 aliphatic heterocycles. The van der Waals surface area contributed by atoms with Crippen LogP contribution in [0.25, 0.3) is 0 Å². The Morgan fingerprint density at radius 2 is 2.38 bits per heavy atom. The number of pyridine rings is 1. The van der Waals surface area contributed by atoms with Gasteiger partial charge in [0.1, 0.15) is 0 Å². The summed E-state index contributed by atoms with van der Waals surface area (Å²) in [6.45, 7) is 2.28. The minimum absolute atomic E-state index is 0.169. The number of aliphatic hydroxyl groups is 1. The molecule has 16 heavy (non-hydrogen) atoms. The van der Waals surface area contributed by atoms with Crippen LogP contribution >= 0.6 is 11.8 Å². The molecule has 0 amide bonds. The van der Waals surface area contributed by atoms with Gasteiger partial charge in [0.05, 0.1) is 6.61 Å². The first kappa shape index (κ1) is 13.5. The zero-order valence-electron chi connectivity index (χ0n) is 9.89. The first-order valence-corrected chi connectivity index (χ1v) is 6.93. The summed E-state index contributed by atoms with van der Waals surface area (Å²) in [6, 6.07) is 4.38. The Bertz CT molecular complexity index is 282. The smallest absolute Gasteiger partial charge is 0.0585 e. The third kappa shape index (κ3) is 4.51. The summed E-state index contributed by atoms with van der Waals surface area (Å²) < 4.78 is 0. The van der Waals surface area contributed by atoms with E-state index in [1.165, 1.54) is 0 Å². The molecule has 90 valence electrons. The molecule has 1 heterocycles. The van der Waals surface area contributed by atoms with Crippen LogP contribution in [0.2, 0.25) is 0 Å². The van der Waals surface area contributed by atoms with Crippen molar-refractivity contribution < 1.29 is 5.11 Å². The third-order valence-corrected chi connectivity index (χ3v) is 3.20. The molecule has 1 rings (SSSR count). The van der Waals surface area contributed by atoms with E-state index in [1.54, 1.807) is 18.0 Å². The summed E-state index contributed by atoms with van der Waals surface area (Å²) in [5.41, 5.74) is 1.16. The van der Waals surface area contributed by atoms with E-state index >= 15 is 0 Å². The third-order valence-electron chi connectivity index (χ3n) is 2.56. The van der Waals surface area contributed by atoms with Gasteiger partial charge in [-0.2, -0.15) is 11.8 Å². The van der Waals surface area contributed by atoms with Gasteiger partial charge in [-0.3, -0.25) is 4.98 Å². The Kier molecular flexibility index (Phi) is 6.45. The molecule has 0 saturated heterocycles. The van der Waals surface area contributed by atoms with Crippen LogP contribution in [-0.4, -0.2) is 34.7 Å². The van der Waals surface area contributed by atoms with Crippen LogP contribution in [-0.2, 0) is 0 Å². The van der Waals surface area contributed by atoms with Gasteiger partial charge in [0, 0.05) is 24.5 Å². The van der Waals surface area contributed by atoms with Gasteiger partial charge in [-0.25, -0.2) is 0 Å². The predicted molar refractivity (Wildman–Crippen MR) is 69.7 cm³/mol. The van der Waals surface area contributed by atoms with Crippen molar-refractivity contribution in [3.05, 3.63) is 30.1 Å². The first-order chi connectivity index (χ1) is 7.77. The average Bonchev–Trinajstić information content (AvgIpc) is 2.35. The van der Waals surface area contributed by atoms with Gasteiger partial charge in [0.25, 0.3) is 0 Å². The van der Waals surface area contributed by atoms with Crippen molar-refractivity contribution in [3.8, 4) is 0 Å². The summed E-state index contributed by atoms with van der Waals surface area (Å²) in [4.78, 5) is 4.09. The number of aromatic nitrogens is 1. The summed E-state index contributed by atoms with van der Waals surface area (Å²) in [5.74, 6) is 1.07. The molecule has 0 aliphatic rings. The highest BCUT2D eigenvalue weighted by molar-refractivity contribution is 7.98. The van der Waals surface area contributed by atoms with Crippen LogP contribution in [0.15, 0.2) is 24.5 Å². The van der Waals surface area contributed by atoms with E-state index in [4.69, 9.17) is 0 Å². The number of aliphatic hydroxyl groups excluding tert-OH is 1. The molecule has 0 aliphatic carbocycles. The van der Waals surface area contributed by atoms with Crippen LogP contribution < -0.4 is 5.32 Å². The fraction of sp³-hybridized carbons (Fsp3) is 0.583. The van der Waals surface area contributed by atoms with Crippen molar-refractivity contribution in [2.24, 2.45) is 0 Å². The molecule has 2 unspecified atom stereocenters. The zero-order valence-corrected chi connectivity index (χ0v) is 10.7. The molecular formula is C12H20N2OS. The normalized spacial score (nSPS) is 14.7. The van der Waals surface area contributed by atoms with E-state index in [1.807, 2.05) is 18.3 Å². The lowest BCUT2D eigenvalue weighted by molar-refractivity contribution is 0.231. The number of hydrogen-bond acceptors (Lipinski definition) is 4. The average molecular weight is 240 g/mol. The molecule has 0 bridgehead atoms. The van der Waals surface area contributed by atoms with Gasteiger partial charge in [0.15, 0.2) is 0 Å². The molecule has 0 fully saturated rings. The van der Waals surface area contributed by atoms with Gasteiger partial charge in [0.2, 0.25) is 0 Å². The quantitative estimate of drug-likeness (QED) is 0.763. The Hall–Kier alpha value is -0.580. The van der Waals surface area contributed by atoms with Crippen molar-refractivity contribution in [2.45, 2.75) is 25.4 Å². The lowest BCUT2D eigenvalue weighted by Crippen LogP contribution is -2.35. The topological polar surface area (TPSA) is 45.1 Å². The van der Waals surface area contributed by atoms with Gasteiger partial charge in [-0.05, 0) is 37.0 Å². The molecular weight excluding hydrogens is 220 g/mol. The van der Waals surface area contributed by atoms with Crippen molar-refractivity contribution in [1.82, 2.24) is 10.3 Å². The van der Waals surface area contributed by atoms with Crippen LogP contribution in [0.5, 0.6) is 0 Å². The highest BCUT2D eigenvalue weighted by atomic mass is 32.2. The molecule has 4 heteroatoms. The zero-order chi connectivity index (χ0) is 11.8. The van der Waals surface area contributed by atoms with E-state index in [0.29, 0.717) is 0 Å². The predicted octanol–water partition coefficient (Wildman–Crippen LogP) is 1.85. The molecule has 0 spiro atoms. The number of nitrogens with zero attached hydrogens (tertiary/aromatic N) is 1. The van der Waals surface area contributed by atoms with Crippen molar-refractivity contribution in [1.29, 1.82) is 0 Å². The van der Waals surface area contributed by atoms with Gasteiger partial charge in [-0.15, -0.1) is 0 Å². The van der Waals surface area contributed by atoms with Crippen LogP contribution in [0.3, 0.4) is 0 Å². The molecule has 1 aromatic heterocycles. The van der Waals surface area contributed by atoms with Crippen molar-refractivity contribution >= 4 is 11.8 Å². The minimum atomic E-state index is 0.169. The molecule has 0 saturated carbocycles. The molecule has 2 N–H and O–H groups in total. The maximum atomic E-state index is 9.26. The Morgan fingerprint density at radius 1 is 1.56 bits per heavy atom. The van der Waals surface area contributed by atoms with E-state index in [0.717, 1.165) is 17.7 Å². The number of rotatable bonds is 7. The van der Waals surface area contributed by atoms with E-state index < -0.39 is 0 Å². The summed E-state index contributed by atoms with van der Waals surface area (Å²) in [7, 11) is 0. The van der Waals surface area contributed by atoms with Gasteiger partial charge in [-0.1, -0.05) is 6.07 Å². The van der Waals surface area contributed by atoms with Gasteiger partial charge >= 0.3 is 0 Å². The highest BCUT2D eigenvalue weighted by Crippen LogP contribution is 2.12. The molecule has 0 radical (unpaired) electrons. The monoisotopic (exact) mass is 240 g/mol. The Morgan fingerprint density at radius 3 is 2.94 bits per heavy atom. The van der Waals surface area contributed by atoms with Crippen LogP contribution in [0, 0.1) is 0 Å². The molecule has 0 aromatic carbocycles. The van der Waals surface area contributed by atoms with Gasteiger partial charge < -0.3 is 10.4 Å². The van der Waals surface area contributed by atoms with Crippen LogP contribution in [0.1, 0.15) is 24.9 Å². The van der Waals surface area contributed by atoms with Crippen LogP contribution in [0.4, 0.5) is 0 Å². The second-order valence-corrected chi connectivity index (χ2v) is 4.82. The highest BCUT2D eigenvalue weighted by Gasteiger charge is 2.12. The van der Waals surface area contributed by atoms with E-state index in [9.17, 15) is 5.11 Å². The molecule has 2 atom stereocenters. The molecule has 3 nitrogen and oxygen atoms in total. The maximum absolute atomic E-state index is 9.26. The van der Waals surface area contributed by atoms with Crippen molar-refractivity contribution in [3.63, 3.8) is 0 Å². The first-order valence-electron chi connectivity index (χ1n) is 5.53. The Labute approximate surface area is 102 Å². The number of nitrogens with one attached hydrogen (secondary N) is 1. The standard InChI is InChI=1S/C12H20N2OS/c1-10(11-4-3-6-13-8-11)14-12(9-15)5-7-16-2/h3-4,6,8,10,12,14-15H,5,7,9H2,1-2H3. The number of hydrogen-bond donors (Lipinski definition) is 2. The molecule has 1 aromatic rings. The summed E-state index contributed by atoms with van der Waals surface area (Å²) in [6.07, 6.45) is 6.70. The number of thioether (sulfide) groups is 1. The summed E-state index contributed by atoms with van der Waals surface area (Å²) >= 11 is 1.80. The summed E-state index contributed by atoms with van der Waals surface area (Å²) in [5, 5.41) is 12.7. The maximum Gasteiger partial charge on any atom is 0.0585 e.